The van der Waals surface area contributed by atoms with Gasteiger partial charge in [0.25, 0.3) is 0 Å². The zero-order chi connectivity index (χ0) is 12.4. The minimum Gasteiger partial charge on any atom is -0.512 e. The normalized spacial score (nSPS) is 18.1. The maximum atomic E-state index is 11.3. The fraction of sp³-hybridized carbons (Fsp3) is 0.727. The van der Waals surface area contributed by atoms with Gasteiger partial charge in [-0.2, -0.15) is 0 Å². The van der Waals surface area contributed by atoms with Crippen LogP contribution in [0.2, 0.25) is 0 Å². The number of carbonyl (C=O) groups is 1. The van der Waals surface area contributed by atoms with Gasteiger partial charge >= 0.3 is 0 Å². The molecule has 0 radical (unpaired) electrons. The molecular formula is C11H20O4. The molecule has 2 atom stereocenters. The molecule has 0 aromatic carbocycles. The first-order chi connectivity index (χ1) is 6.59. The first kappa shape index (κ1) is 14.1. The van der Waals surface area contributed by atoms with Crippen molar-refractivity contribution in [3.8, 4) is 0 Å². The van der Waals surface area contributed by atoms with Gasteiger partial charge in [-0.25, -0.2) is 0 Å². The van der Waals surface area contributed by atoms with Gasteiger partial charge < -0.3 is 15.3 Å². The quantitative estimate of drug-likeness (QED) is 0.487. The van der Waals surface area contributed by atoms with Gasteiger partial charge in [0.05, 0.1) is 17.5 Å². The number of carbonyl (C=O) groups excluding carboxylic acids is 1. The molecule has 0 aliphatic heterocycles. The Bertz CT molecular complexity index is 267. The third-order valence-corrected chi connectivity index (χ3v) is 2.32. The van der Waals surface area contributed by atoms with E-state index in [-0.39, 0.29) is 17.1 Å². The monoisotopic (exact) mass is 216 g/mol. The zero-order valence-electron chi connectivity index (χ0n) is 9.90. The fourth-order valence-corrected chi connectivity index (χ4v) is 1.88. The topological polar surface area (TPSA) is 77.8 Å². The van der Waals surface area contributed by atoms with Crippen molar-refractivity contribution in [3.05, 3.63) is 11.3 Å². The van der Waals surface area contributed by atoms with E-state index in [1.807, 2.05) is 0 Å². The van der Waals surface area contributed by atoms with E-state index in [0.29, 0.717) is 0 Å². The van der Waals surface area contributed by atoms with Crippen LogP contribution in [0.1, 0.15) is 34.6 Å². The lowest BCUT2D eigenvalue weighted by Crippen LogP contribution is -2.41. The highest BCUT2D eigenvalue weighted by molar-refractivity contribution is 5.94. The lowest BCUT2D eigenvalue weighted by Gasteiger charge is -2.33. The molecular weight excluding hydrogens is 196 g/mol. The SMILES string of the molecule is CC(=O)/C(=C(/C)O)C(C(C)O)C(C)(C)O. The number of aliphatic hydroxyl groups excluding tert-OH is 2. The maximum absolute atomic E-state index is 11.3. The average molecular weight is 216 g/mol. The van der Waals surface area contributed by atoms with Crippen LogP contribution in [0.5, 0.6) is 0 Å². The highest BCUT2D eigenvalue weighted by Crippen LogP contribution is 2.30. The number of rotatable bonds is 4. The summed E-state index contributed by atoms with van der Waals surface area (Å²) >= 11 is 0. The Morgan fingerprint density at radius 3 is 1.73 bits per heavy atom. The van der Waals surface area contributed by atoms with E-state index < -0.39 is 17.6 Å². The minimum absolute atomic E-state index is 0.0810. The Hall–Kier alpha value is -0.870. The van der Waals surface area contributed by atoms with Gasteiger partial charge in [0.15, 0.2) is 5.78 Å². The largest absolute Gasteiger partial charge is 0.512 e. The summed E-state index contributed by atoms with van der Waals surface area (Å²) in [7, 11) is 0. The molecule has 0 saturated heterocycles. The van der Waals surface area contributed by atoms with E-state index >= 15 is 0 Å². The number of hydrogen-bond acceptors (Lipinski definition) is 4. The second kappa shape index (κ2) is 4.77. The second-order valence-corrected chi connectivity index (χ2v) is 4.43. The molecule has 0 aromatic heterocycles. The molecule has 0 rings (SSSR count). The van der Waals surface area contributed by atoms with Crippen LogP contribution in [0.25, 0.3) is 0 Å². The van der Waals surface area contributed by atoms with Crippen LogP contribution in [0.4, 0.5) is 0 Å². The van der Waals surface area contributed by atoms with Crippen LogP contribution in [0, 0.1) is 5.92 Å². The number of allylic oxidation sites excluding steroid dienone is 1. The lowest BCUT2D eigenvalue weighted by atomic mass is 9.79. The standard InChI is InChI=1S/C11H20O4/c1-6(12)9(7(2)13)10(8(3)14)11(4,5)15/h8,10,12,14-15H,1-5H3/b9-6+. The molecule has 0 fully saturated rings. The van der Waals surface area contributed by atoms with Crippen LogP contribution in [-0.4, -0.2) is 32.8 Å². The Balaban J connectivity index is 5.44. The molecule has 0 saturated carbocycles. The van der Waals surface area contributed by atoms with Gasteiger partial charge in [0.1, 0.15) is 0 Å². The summed E-state index contributed by atoms with van der Waals surface area (Å²) in [5.74, 6) is -1.29. The molecule has 0 aromatic rings. The van der Waals surface area contributed by atoms with Crippen molar-refractivity contribution in [3.63, 3.8) is 0 Å². The Morgan fingerprint density at radius 2 is 1.67 bits per heavy atom. The highest BCUT2D eigenvalue weighted by atomic mass is 16.3. The smallest absolute Gasteiger partial charge is 0.159 e. The molecule has 4 heteroatoms. The third-order valence-electron chi connectivity index (χ3n) is 2.32. The number of ketones is 1. The summed E-state index contributed by atoms with van der Waals surface area (Å²) in [6.45, 7) is 7.15. The molecule has 0 aliphatic rings. The van der Waals surface area contributed by atoms with Crippen LogP contribution >= 0.6 is 0 Å². The van der Waals surface area contributed by atoms with Gasteiger partial charge in [-0.3, -0.25) is 4.79 Å². The van der Waals surface area contributed by atoms with Crippen molar-refractivity contribution in [1.29, 1.82) is 0 Å². The minimum atomic E-state index is -1.26. The molecule has 0 spiro atoms. The fourth-order valence-electron chi connectivity index (χ4n) is 1.88. The number of hydrogen-bond donors (Lipinski definition) is 3. The Labute approximate surface area is 90.2 Å². The summed E-state index contributed by atoms with van der Waals surface area (Å²) in [6, 6.07) is 0. The van der Waals surface area contributed by atoms with Gasteiger partial charge in [-0.1, -0.05) is 0 Å². The molecule has 15 heavy (non-hydrogen) atoms. The first-order valence-electron chi connectivity index (χ1n) is 4.90. The van der Waals surface area contributed by atoms with Crippen LogP contribution < -0.4 is 0 Å². The summed E-state index contributed by atoms with van der Waals surface area (Å²) in [4.78, 5) is 11.3. The molecule has 88 valence electrons. The molecule has 3 N–H and O–H groups in total. The number of aliphatic hydroxyl groups is 3. The predicted molar refractivity (Wildman–Crippen MR) is 57.5 cm³/mol. The first-order valence-corrected chi connectivity index (χ1v) is 4.90. The molecule has 4 nitrogen and oxygen atoms in total. The molecule has 2 unspecified atom stereocenters. The maximum Gasteiger partial charge on any atom is 0.159 e. The van der Waals surface area contributed by atoms with Crippen LogP contribution in [-0.2, 0) is 4.79 Å². The van der Waals surface area contributed by atoms with Gasteiger partial charge in [0.2, 0.25) is 0 Å². The second-order valence-electron chi connectivity index (χ2n) is 4.43. The molecule has 0 aliphatic carbocycles. The summed E-state index contributed by atoms with van der Waals surface area (Å²) in [5, 5.41) is 28.8. The summed E-state index contributed by atoms with van der Waals surface area (Å²) in [6.07, 6.45) is -0.911. The number of Topliss-reactive ketones (excluding diaryl/α,β-unsaturated/α-hetero) is 1. The van der Waals surface area contributed by atoms with Gasteiger partial charge in [-0.15, -0.1) is 0 Å². The van der Waals surface area contributed by atoms with Crippen molar-refractivity contribution in [1.82, 2.24) is 0 Å². The van der Waals surface area contributed by atoms with E-state index in [1.165, 1.54) is 34.6 Å². The van der Waals surface area contributed by atoms with E-state index in [2.05, 4.69) is 0 Å². The van der Waals surface area contributed by atoms with Crippen molar-refractivity contribution in [2.75, 3.05) is 0 Å². The van der Waals surface area contributed by atoms with Crippen LogP contribution in [0.15, 0.2) is 11.3 Å². The zero-order valence-corrected chi connectivity index (χ0v) is 9.90. The van der Waals surface area contributed by atoms with E-state index in [4.69, 9.17) is 0 Å². The van der Waals surface area contributed by atoms with Crippen molar-refractivity contribution < 1.29 is 20.1 Å². The summed E-state index contributed by atoms with van der Waals surface area (Å²) in [5.41, 5.74) is -1.18. The van der Waals surface area contributed by atoms with E-state index in [1.54, 1.807) is 0 Å². The van der Waals surface area contributed by atoms with Gasteiger partial charge in [0, 0.05) is 11.5 Å². The molecule has 0 bridgehead atoms. The highest BCUT2D eigenvalue weighted by Gasteiger charge is 2.37. The predicted octanol–water partition coefficient (Wildman–Crippen LogP) is 1.18. The Kier molecular flexibility index (Phi) is 4.49. The van der Waals surface area contributed by atoms with E-state index in [0.717, 1.165) is 0 Å². The van der Waals surface area contributed by atoms with Crippen LogP contribution in [0.3, 0.4) is 0 Å². The third kappa shape index (κ3) is 3.64. The lowest BCUT2D eigenvalue weighted by molar-refractivity contribution is -0.116. The average Bonchev–Trinajstić information content (AvgIpc) is 1.94. The van der Waals surface area contributed by atoms with Gasteiger partial charge in [-0.05, 0) is 34.6 Å². The van der Waals surface area contributed by atoms with E-state index in [9.17, 15) is 20.1 Å². The molecule has 0 heterocycles. The molecule has 0 amide bonds. The summed E-state index contributed by atoms with van der Waals surface area (Å²) < 4.78 is 0. The Morgan fingerprint density at radius 1 is 1.27 bits per heavy atom. The van der Waals surface area contributed by atoms with Crippen molar-refractivity contribution in [2.45, 2.75) is 46.3 Å². The van der Waals surface area contributed by atoms with Crippen molar-refractivity contribution >= 4 is 5.78 Å². The van der Waals surface area contributed by atoms with Crippen molar-refractivity contribution in [2.24, 2.45) is 5.92 Å².